The van der Waals surface area contributed by atoms with E-state index in [0.29, 0.717) is 5.56 Å². The number of hydrogen-bond acceptors (Lipinski definition) is 2. The number of rotatable bonds is 2. The Hall–Kier alpha value is -2.26. The molecular formula is C17H12ClFN2. The first-order valence-corrected chi connectivity index (χ1v) is 6.87. The Labute approximate surface area is 127 Å². The van der Waals surface area contributed by atoms with E-state index in [9.17, 15) is 4.39 Å². The zero-order valence-corrected chi connectivity index (χ0v) is 12.1. The molecule has 2 nitrogen and oxygen atoms in total. The van der Waals surface area contributed by atoms with E-state index in [1.54, 1.807) is 6.07 Å². The molecule has 0 aliphatic rings. The maximum Gasteiger partial charge on any atom is 0.223 e. The van der Waals surface area contributed by atoms with Crippen molar-refractivity contribution in [1.82, 2.24) is 9.97 Å². The summed E-state index contributed by atoms with van der Waals surface area (Å²) in [5.74, 6) is -0.485. The second-order valence-corrected chi connectivity index (χ2v) is 5.12. The zero-order chi connectivity index (χ0) is 14.8. The summed E-state index contributed by atoms with van der Waals surface area (Å²) in [6.07, 6.45) is 1.09. The quantitative estimate of drug-likeness (QED) is 0.628. The molecule has 0 saturated carbocycles. The van der Waals surface area contributed by atoms with E-state index < -0.39 is 5.82 Å². The molecule has 0 N–H and O–H groups in total. The molecule has 3 aromatic rings. The van der Waals surface area contributed by atoms with Gasteiger partial charge in [0.05, 0.1) is 6.20 Å². The Bertz CT molecular complexity index is 802. The van der Waals surface area contributed by atoms with Crippen LogP contribution in [0, 0.1) is 12.7 Å². The molecule has 0 unspecified atom stereocenters. The third-order valence-electron chi connectivity index (χ3n) is 3.20. The summed E-state index contributed by atoms with van der Waals surface area (Å²) in [6.45, 7) is 2.04. The van der Waals surface area contributed by atoms with Gasteiger partial charge in [0.15, 0.2) is 5.82 Å². The molecular weight excluding hydrogens is 287 g/mol. The molecule has 0 aliphatic heterocycles. The Morgan fingerprint density at radius 2 is 1.62 bits per heavy atom. The monoisotopic (exact) mass is 298 g/mol. The Morgan fingerprint density at radius 1 is 0.952 bits per heavy atom. The predicted molar refractivity (Wildman–Crippen MR) is 82.6 cm³/mol. The van der Waals surface area contributed by atoms with Crippen LogP contribution in [0.5, 0.6) is 0 Å². The highest BCUT2D eigenvalue weighted by Crippen LogP contribution is 2.27. The molecule has 0 radical (unpaired) electrons. The fourth-order valence-electron chi connectivity index (χ4n) is 2.22. The maximum atomic E-state index is 13.9. The molecule has 2 aromatic carbocycles. The van der Waals surface area contributed by atoms with Gasteiger partial charge in [0.1, 0.15) is 5.69 Å². The van der Waals surface area contributed by atoms with Crippen molar-refractivity contribution >= 4 is 11.6 Å². The largest absolute Gasteiger partial charge is 0.223 e. The second kappa shape index (κ2) is 5.62. The lowest BCUT2D eigenvalue weighted by molar-refractivity contribution is 0.618. The van der Waals surface area contributed by atoms with Gasteiger partial charge in [-0.05, 0) is 35.7 Å². The van der Waals surface area contributed by atoms with Crippen LogP contribution in [0.25, 0.3) is 22.4 Å². The summed E-state index contributed by atoms with van der Waals surface area (Å²) >= 11 is 5.76. The average molecular weight is 299 g/mol. The molecule has 0 spiro atoms. The molecule has 0 aliphatic carbocycles. The van der Waals surface area contributed by atoms with Crippen LogP contribution in [0.4, 0.5) is 4.39 Å². The van der Waals surface area contributed by atoms with Crippen molar-refractivity contribution in [3.8, 4) is 22.4 Å². The summed E-state index contributed by atoms with van der Waals surface area (Å²) in [5.41, 5.74) is 4.15. The minimum atomic E-state index is -0.485. The molecule has 0 amide bonds. The molecule has 0 saturated heterocycles. The van der Waals surface area contributed by atoms with Gasteiger partial charge in [0.2, 0.25) is 5.28 Å². The summed E-state index contributed by atoms with van der Waals surface area (Å²) in [5, 5.41) is 0.0346. The van der Waals surface area contributed by atoms with Crippen LogP contribution in [0.2, 0.25) is 5.28 Å². The molecule has 0 fully saturated rings. The van der Waals surface area contributed by atoms with E-state index in [2.05, 4.69) is 16.0 Å². The van der Waals surface area contributed by atoms with Gasteiger partial charge in [-0.25, -0.2) is 14.4 Å². The van der Waals surface area contributed by atoms with E-state index in [0.717, 1.165) is 17.3 Å². The first kappa shape index (κ1) is 13.7. The highest BCUT2D eigenvalue weighted by molar-refractivity contribution is 6.28. The number of benzene rings is 2. The smallest absolute Gasteiger partial charge is 0.223 e. The minimum Gasteiger partial charge on any atom is -0.223 e. The first-order valence-electron chi connectivity index (χ1n) is 6.49. The summed E-state index contributed by atoms with van der Waals surface area (Å²) < 4.78 is 13.9. The summed E-state index contributed by atoms with van der Waals surface area (Å²) in [6, 6.07) is 15.7. The minimum absolute atomic E-state index is 0.0346. The number of aromatic nitrogens is 2. The van der Waals surface area contributed by atoms with Crippen molar-refractivity contribution in [2.45, 2.75) is 6.92 Å². The van der Waals surface area contributed by atoms with Gasteiger partial charge in [0.25, 0.3) is 0 Å². The summed E-state index contributed by atoms with van der Waals surface area (Å²) in [7, 11) is 0. The van der Waals surface area contributed by atoms with Gasteiger partial charge >= 0.3 is 0 Å². The van der Waals surface area contributed by atoms with E-state index >= 15 is 0 Å². The van der Waals surface area contributed by atoms with Crippen LogP contribution in [0.3, 0.4) is 0 Å². The maximum absolute atomic E-state index is 13.9. The van der Waals surface area contributed by atoms with Crippen LogP contribution in [-0.4, -0.2) is 9.97 Å². The highest BCUT2D eigenvalue weighted by atomic mass is 35.5. The normalized spacial score (nSPS) is 10.6. The van der Waals surface area contributed by atoms with Gasteiger partial charge in [0, 0.05) is 5.56 Å². The summed E-state index contributed by atoms with van der Waals surface area (Å²) in [4.78, 5) is 7.61. The van der Waals surface area contributed by atoms with Crippen molar-refractivity contribution < 1.29 is 4.39 Å². The Kier molecular flexibility index (Phi) is 3.67. The van der Waals surface area contributed by atoms with Crippen molar-refractivity contribution in [3.05, 3.63) is 71.4 Å². The average Bonchev–Trinajstić information content (AvgIpc) is 2.50. The van der Waals surface area contributed by atoms with Crippen molar-refractivity contribution in [3.63, 3.8) is 0 Å². The van der Waals surface area contributed by atoms with E-state index in [1.165, 1.54) is 5.56 Å². The third kappa shape index (κ3) is 2.93. The topological polar surface area (TPSA) is 25.8 Å². The third-order valence-corrected chi connectivity index (χ3v) is 3.38. The molecule has 0 bridgehead atoms. The lowest BCUT2D eigenvalue weighted by Crippen LogP contribution is -1.93. The first-order chi connectivity index (χ1) is 10.1. The predicted octanol–water partition coefficient (Wildman–Crippen LogP) is 4.91. The molecule has 104 valence electrons. The fourth-order valence-corrected chi connectivity index (χ4v) is 2.35. The second-order valence-electron chi connectivity index (χ2n) is 4.79. The molecule has 21 heavy (non-hydrogen) atoms. The van der Waals surface area contributed by atoms with Crippen LogP contribution in [0.15, 0.2) is 54.7 Å². The lowest BCUT2D eigenvalue weighted by Gasteiger charge is -2.07. The molecule has 1 heterocycles. The lowest BCUT2D eigenvalue weighted by atomic mass is 10.0. The van der Waals surface area contributed by atoms with Crippen LogP contribution < -0.4 is 0 Å². The number of aryl methyl sites for hydroxylation is 1. The SMILES string of the molecule is Cc1cccc(-c2cccc(-c3nc(Cl)ncc3F)c2)c1. The van der Waals surface area contributed by atoms with Gasteiger partial charge in [-0.15, -0.1) is 0 Å². The van der Waals surface area contributed by atoms with E-state index in [-0.39, 0.29) is 11.0 Å². The standard InChI is InChI=1S/C17H12ClFN2/c1-11-4-2-5-12(8-11)13-6-3-7-14(9-13)16-15(19)10-20-17(18)21-16/h2-10H,1H3. The highest BCUT2D eigenvalue weighted by Gasteiger charge is 2.09. The molecule has 4 heteroatoms. The van der Waals surface area contributed by atoms with Gasteiger partial charge < -0.3 is 0 Å². The van der Waals surface area contributed by atoms with Crippen LogP contribution in [0.1, 0.15) is 5.56 Å². The van der Waals surface area contributed by atoms with Gasteiger partial charge in [-0.2, -0.15) is 0 Å². The number of halogens is 2. The zero-order valence-electron chi connectivity index (χ0n) is 11.3. The van der Waals surface area contributed by atoms with Crippen molar-refractivity contribution in [2.24, 2.45) is 0 Å². The van der Waals surface area contributed by atoms with Gasteiger partial charge in [-0.3, -0.25) is 0 Å². The Morgan fingerprint density at radius 3 is 2.38 bits per heavy atom. The van der Waals surface area contributed by atoms with E-state index in [4.69, 9.17) is 11.6 Å². The molecule has 0 atom stereocenters. The fraction of sp³-hybridized carbons (Fsp3) is 0.0588. The number of nitrogens with zero attached hydrogens (tertiary/aromatic N) is 2. The molecule has 1 aromatic heterocycles. The van der Waals surface area contributed by atoms with E-state index in [1.807, 2.05) is 43.3 Å². The Balaban J connectivity index is 2.10. The molecule has 3 rings (SSSR count). The van der Waals surface area contributed by atoms with Crippen LogP contribution >= 0.6 is 11.6 Å². The van der Waals surface area contributed by atoms with Crippen LogP contribution in [-0.2, 0) is 0 Å². The van der Waals surface area contributed by atoms with Gasteiger partial charge in [-0.1, -0.05) is 48.0 Å². The van der Waals surface area contributed by atoms with Crippen molar-refractivity contribution in [2.75, 3.05) is 0 Å². The van der Waals surface area contributed by atoms with Crippen molar-refractivity contribution in [1.29, 1.82) is 0 Å². The number of hydrogen-bond donors (Lipinski definition) is 0.